The lowest BCUT2D eigenvalue weighted by atomic mass is 10.1. The smallest absolute Gasteiger partial charge is 0.0513 e. The van der Waals surface area contributed by atoms with Gasteiger partial charge in [0.1, 0.15) is 0 Å². The first kappa shape index (κ1) is 10.8. The molecule has 82 valence electrons. The predicted octanol–water partition coefficient (Wildman–Crippen LogP) is 2.54. The number of anilines is 1. The molecular formula is C12H18N2S. The van der Waals surface area contributed by atoms with Crippen LogP contribution >= 0.6 is 11.8 Å². The summed E-state index contributed by atoms with van der Waals surface area (Å²) in [6.07, 6.45) is 0. The summed E-state index contributed by atoms with van der Waals surface area (Å²) in [6.45, 7) is 7.26. The second-order valence-electron chi connectivity index (χ2n) is 4.21. The van der Waals surface area contributed by atoms with Crippen LogP contribution in [0.15, 0.2) is 17.0 Å². The molecule has 0 radical (unpaired) electrons. The second kappa shape index (κ2) is 4.06. The number of nitrogens with one attached hydrogen (secondary N) is 1. The fraction of sp³-hybridized carbons (Fsp3) is 0.500. The van der Waals surface area contributed by atoms with E-state index in [1.54, 1.807) is 0 Å². The minimum atomic E-state index is 0.452. The SMILES string of the molecule is Cc1ccc2c(c1C)NC(C)C(CN)S2. The number of nitrogens with two attached hydrogens (primary N) is 1. The molecule has 1 aromatic rings. The molecule has 0 amide bonds. The first-order valence-electron chi connectivity index (χ1n) is 5.37. The summed E-state index contributed by atoms with van der Waals surface area (Å²) in [5.74, 6) is 0. The van der Waals surface area contributed by atoms with Crippen molar-refractivity contribution in [1.29, 1.82) is 0 Å². The van der Waals surface area contributed by atoms with Crippen molar-refractivity contribution in [3.63, 3.8) is 0 Å². The maximum absolute atomic E-state index is 5.76. The summed E-state index contributed by atoms with van der Waals surface area (Å²) in [6, 6.07) is 4.84. The van der Waals surface area contributed by atoms with Crippen LogP contribution in [0.3, 0.4) is 0 Å². The Hall–Kier alpha value is -0.670. The molecule has 2 nitrogen and oxygen atoms in total. The van der Waals surface area contributed by atoms with Gasteiger partial charge in [-0.1, -0.05) is 6.07 Å². The molecule has 2 unspecified atom stereocenters. The average molecular weight is 222 g/mol. The van der Waals surface area contributed by atoms with Gasteiger partial charge in [0.25, 0.3) is 0 Å². The van der Waals surface area contributed by atoms with Crippen LogP contribution in [0.5, 0.6) is 0 Å². The zero-order valence-electron chi connectivity index (χ0n) is 9.50. The molecule has 1 aromatic carbocycles. The molecule has 0 aromatic heterocycles. The van der Waals surface area contributed by atoms with E-state index in [2.05, 4.69) is 38.2 Å². The molecule has 0 bridgehead atoms. The van der Waals surface area contributed by atoms with Crippen LogP contribution in [0.4, 0.5) is 5.69 Å². The van der Waals surface area contributed by atoms with Crippen molar-refractivity contribution < 1.29 is 0 Å². The predicted molar refractivity (Wildman–Crippen MR) is 67.7 cm³/mol. The van der Waals surface area contributed by atoms with Crippen molar-refractivity contribution in [3.8, 4) is 0 Å². The normalized spacial score (nSPS) is 24.5. The summed E-state index contributed by atoms with van der Waals surface area (Å²) in [5.41, 5.74) is 9.77. The number of rotatable bonds is 1. The van der Waals surface area contributed by atoms with Crippen molar-refractivity contribution >= 4 is 17.4 Å². The summed E-state index contributed by atoms with van der Waals surface area (Å²) >= 11 is 1.90. The van der Waals surface area contributed by atoms with Crippen LogP contribution in [-0.4, -0.2) is 17.8 Å². The van der Waals surface area contributed by atoms with E-state index in [0.717, 1.165) is 6.54 Å². The molecule has 0 fully saturated rings. The maximum Gasteiger partial charge on any atom is 0.0513 e. The highest BCUT2D eigenvalue weighted by molar-refractivity contribution is 8.00. The van der Waals surface area contributed by atoms with Gasteiger partial charge in [0, 0.05) is 22.7 Å². The number of hydrogen-bond acceptors (Lipinski definition) is 3. The molecule has 3 N–H and O–H groups in total. The van der Waals surface area contributed by atoms with E-state index in [9.17, 15) is 0 Å². The van der Waals surface area contributed by atoms with E-state index in [1.807, 2.05) is 11.8 Å². The molecule has 0 saturated carbocycles. The van der Waals surface area contributed by atoms with Crippen LogP contribution < -0.4 is 11.1 Å². The quantitative estimate of drug-likeness (QED) is 0.767. The van der Waals surface area contributed by atoms with Gasteiger partial charge < -0.3 is 11.1 Å². The number of benzene rings is 1. The first-order valence-corrected chi connectivity index (χ1v) is 6.25. The molecule has 1 heterocycles. The molecule has 3 heteroatoms. The van der Waals surface area contributed by atoms with Crippen molar-refractivity contribution in [2.45, 2.75) is 37.0 Å². The zero-order chi connectivity index (χ0) is 11.0. The highest BCUT2D eigenvalue weighted by Gasteiger charge is 2.25. The van der Waals surface area contributed by atoms with Crippen molar-refractivity contribution in [3.05, 3.63) is 23.3 Å². The topological polar surface area (TPSA) is 38.0 Å². The van der Waals surface area contributed by atoms with Gasteiger partial charge in [-0.3, -0.25) is 0 Å². The molecule has 0 saturated heterocycles. The number of fused-ring (bicyclic) bond motifs is 1. The van der Waals surface area contributed by atoms with Gasteiger partial charge in [-0.25, -0.2) is 0 Å². The molecule has 0 aliphatic carbocycles. The monoisotopic (exact) mass is 222 g/mol. The third-order valence-electron chi connectivity index (χ3n) is 3.14. The minimum absolute atomic E-state index is 0.452. The van der Waals surface area contributed by atoms with Gasteiger partial charge in [-0.15, -0.1) is 11.8 Å². The Morgan fingerprint density at radius 1 is 1.40 bits per heavy atom. The lowest BCUT2D eigenvalue weighted by Crippen LogP contribution is -2.37. The van der Waals surface area contributed by atoms with Crippen LogP contribution in [-0.2, 0) is 0 Å². The Morgan fingerprint density at radius 2 is 2.13 bits per heavy atom. The van der Waals surface area contributed by atoms with E-state index in [-0.39, 0.29) is 0 Å². The fourth-order valence-corrected chi connectivity index (χ4v) is 3.08. The van der Waals surface area contributed by atoms with Crippen LogP contribution in [0.25, 0.3) is 0 Å². The minimum Gasteiger partial charge on any atom is -0.380 e. The third kappa shape index (κ3) is 1.86. The summed E-state index contributed by atoms with van der Waals surface area (Å²) in [7, 11) is 0. The zero-order valence-corrected chi connectivity index (χ0v) is 10.3. The van der Waals surface area contributed by atoms with Crippen molar-refractivity contribution in [1.82, 2.24) is 0 Å². The van der Waals surface area contributed by atoms with Crippen molar-refractivity contribution in [2.24, 2.45) is 5.73 Å². The molecule has 1 aliphatic heterocycles. The van der Waals surface area contributed by atoms with Gasteiger partial charge in [0.2, 0.25) is 0 Å². The Kier molecular flexibility index (Phi) is 2.94. The Labute approximate surface area is 95.6 Å². The van der Waals surface area contributed by atoms with Crippen molar-refractivity contribution in [2.75, 3.05) is 11.9 Å². The van der Waals surface area contributed by atoms with Gasteiger partial charge >= 0.3 is 0 Å². The number of aryl methyl sites for hydroxylation is 1. The van der Waals surface area contributed by atoms with Crippen LogP contribution in [0.1, 0.15) is 18.1 Å². The molecule has 2 rings (SSSR count). The third-order valence-corrected chi connectivity index (χ3v) is 4.64. The van der Waals surface area contributed by atoms with Gasteiger partial charge in [0.05, 0.1) is 5.69 Å². The average Bonchev–Trinajstić information content (AvgIpc) is 2.24. The highest BCUT2D eigenvalue weighted by atomic mass is 32.2. The molecule has 0 spiro atoms. The van der Waals surface area contributed by atoms with Crippen LogP contribution in [0, 0.1) is 13.8 Å². The highest BCUT2D eigenvalue weighted by Crippen LogP contribution is 2.40. The fourth-order valence-electron chi connectivity index (χ4n) is 1.91. The number of thioether (sulfide) groups is 1. The van der Waals surface area contributed by atoms with E-state index in [0.29, 0.717) is 11.3 Å². The van der Waals surface area contributed by atoms with E-state index >= 15 is 0 Å². The Bertz CT molecular complexity index is 376. The molecule has 1 aliphatic rings. The maximum atomic E-state index is 5.76. The Morgan fingerprint density at radius 3 is 2.80 bits per heavy atom. The summed E-state index contributed by atoms with van der Waals surface area (Å²) in [5, 5.41) is 4.05. The lowest BCUT2D eigenvalue weighted by Gasteiger charge is -2.32. The Balaban J connectivity index is 2.40. The molecule has 15 heavy (non-hydrogen) atoms. The lowest BCUT2D eigenvalue weighted by molar-refractivity contribution is 0.722. The second-order valence-corrected chi connectivity index (χ2v) is 5.49. The standard InChI is InChI=1S/C12H18N2S/c1-7-4-5-10-12(8(7)2)14-9(3)11(6-13)15-10/h4-5,9,11,14H,6,13H2,1-3H3. The molecule has 2 atom stereocenters. The first-order chi connectivity index (χ1) is 7.13. The van der Waals surface area contributed by atoms with E-state index < -0.39 is 0 Å². The molecular weight excluding hydrogens is 204 g/mol. The van der Waals surface area contributed by atoms with Gasteiger partial charge in [0.15, 0.2) is 0 Å². The van der Waals surface area contributed by atoms with E-state index in [4.69, 9.17) is 5.73 Å². The summed E-state index contributed by atoms with van der Waals surface area (Å²) < 4.78 is 0. The summed E-state index contributed by atoms with van der Waals surface area (Å²) in [4.78, 5) is 1.34. The van der Waals surface area contributed by atoms with Gasteiger partial charge in [-0.2, -0.15) is 0 Å². The largest absolute Gasteiger partial charge is 0.380 e. The van der Waals surface area contributed by atoms with Crippen LogP contribution in [0.2, 0.25) is 0 Å². The van der Waals surface area contributed by atoms with E-state index in [1.165, 1.54) is 21.7 Å². The van der Waals surface area contributed by atoms with Gasteiger partial charge in [-0.05, 0) is 38.0 Å². The number of hydrogen-bond donors (Lipinski definition) is 2.